The molecule has 0 N–H and O–H groups in total. The van der Waals surface area contributed by atoms with Crippen molar-refractivity contribution in [2.75, 3.05) is 13.4 Å². The molecule has 19 heavy (non-hydrogen) atoms. The van der Waals surface area contributed by atoms with Crippen LogP contribution in [-0.4, -0.2) is 27.0 Å². The molecular formula is C13H12N2O3S. The fourth-order valence-electron chi connectivity index (χ4n) is 2.48. The first-order valence-electron chi connectivity index (χ1n) is 5.56. The summed E-state index contributed by atoms with van der Waals surface area (Å²) in [5.74, 6) is 0.0447. The van der Waals surface area contributed by atoms with Crippen molar-refractivity contribution in [3.05, 3.63) is 29.8 Å². The number of ether oxygens (including phenoxy) is 1. The zero-order valence-corrected chi connectivity index (χ0v) is 11.3. The summed E-state index contributed by atoms with van der Waals surface area (Å²) in [6, 6.07) is 10.5. The number of hydrogen-bond acceptors (Lipinski definition) is 5. The minimum Gasteiger partial charge on any atom is -0.497 e. The van der Waals surface area contributed by atoms with E-state index >= 15 is 0 Å². The fourth-order valence-corrected chi connectivity index (χ4v) is 4.20. The SMILES string of the molecule is COc1ccc([C@H]2[C@@H](S(C)(=O)=O)C2(C#N)C#N)cc1. The molecule has 0 aromatic heterocycles. The first-order chi connectivity index (χ1) is 8.90. The maximum Gasteiger partial charge on any atom is 0.169 e. The Bertz CT molecular complexity index is 666. The Morgan fingerprint density at radius 2 is 1.74 bits per heavy atom. The molecule has 0 amide bonds. The quantitative estimate of drug-likeness (QED) is 0.828. The van der Waals surface area contributed by atoms with Crippen molar-refractivity contribution in [2.24, 2.45) is 5.41 Å². The van der Waals surface area contributed by atoms with Crippen LogP contribution in [0.5, 0.6) is 5.75 Å². The van der Waals surface area contributed by atoms with Crippen molar-refractivity contribution < 1.29 is 13.2 Å². The van der Waals surface area contributed by atoms with Gasteiger partial charge in [0.05, 0.1) is 19.2 Å². The Hall–Kier alpha value is -2.05. The van der Waals surface area contributed by atoms with E-state index in [0.717, 1.165) is 6.26 Å². The summed E-state index contributed by atoms with van der Waals surface area (Å²) in [5, 5.41) is 17.4. The molecule has 1 fully saturated rings. The summed E-state index contributed by atoms with van der Waals surface area (Å²) < 4.78 is 28.4. The normalized spacial score (nSPS) is 24.0. The molecule has 0 radical (unpaired) electrons. The highest BCUT2D eigenvalue weighted by molar-refractivity contribution is 7.91. The maximum absolute atomic E-state index is 11.7. The summed E-state index contributed by atoms with van der Waals surface area (Å²) in [6.45, 7) is 0. The van der Waals surface area contributed by atoms with Crippen LogP contribution in [-0.2, 0) is 9.84 Å². The Morgan fingerprint density at radius 1 is 1.21 bits per heavy atom. The molecule has 1 aromatic rings. The van der Waals surface area contributed by atoms with E-state index in [4.69, 9.17) is 15.3 Å². The van der Waals surface area contributed by atoms with Crippen LogP contribution >= 0.6 is 0 Å². The number of sulfone groups is 1. The fraction of sp³-hybridized carbons (Fsp3) is 0.385. The van der Waals surface area contributed by atoms with Gasteiger partial charge in [-0.05, 0) is 17.7 Å². The van der Waals surface area contributed by atoms with Gasteiger partial charge in [-0.25, -0.2) is 8.42 Å². The predicted octanol–water partition coefficient (Wildman–Crippen LogP) is 1.24. The molecular weight excluding hydrogens is 264 g/mol. The molecule has 98 valence electrons. The molecule has 0 saturated heterocycles. The van der Waals surface area contributed by atoms with Gasteiger partial charge in [0.2, 0.25) is 0 Å². The van der Waals surface area contributed by atoms with Crippen molar-refractivity contribution in [1.82, 2.24) is 0 Å². The zero-order valence-electron chi connectivity index (χ0n) is 10.5. The monoisotopic (exact) mass is 276 g/mol. The van der Waals surface area contributed by atoms with E-state index in [9.17, 15) is 8.42 Å². The van der Waals surface area contributed by atoms with Gasteiger partial charge in [-0.15, -0.1) is 0 Å². The molecule has 1 aromatic carbocycles. The molecule has 1 aliphatic rings. The first-order valence-corrected chi connectivity index (χ1v) is 7.51. The third-order valence-electron chi connectivity index (χ3n) is 3.44. The smallest absolute Gasteiger partial charge is 0.169 e. The highest BCUT2D eigenvalue weighted by Gasteiger charge is 2.72. The summed E-state index contributed by atoms with van der Waals surface area (Å²) in [4.78, 5) is 0. The molecule has 2 atom stereocenters. The van der Waals surface area contributed by atoms with Crippen molar-refractivity contribution in [2.45, 2.75) is 11.2 Å². The Morgan fingerprint density at radius 3 is 2.05 bits per heavy atom. The van der Waals surface area contributed by atoms with Crippen LogP contribution in [0.15, 0.2) is 24.3 Å². The number of benzene rings is 1. The zero-order chi connectivity index (χ0) is 14.3. The Kier molecular flexibility index (Phi) is 3.00. The Labute approximate surface area is 112 Å². The lowest BCUT2D eigenvalue weighted by Gasteiger charge is -2.02. The lowest BCUT2D eigenvalue weighted by molar-refractivity contribution is 0.414. The molecule has 0 bridgehead atoms. The van der Waals surface area contributed by atoms with E-state index in [2.05, 4.69) is 0 Å². The van der Waals surface area contributed by atoms with Gasteiger partial charge >= 0.3 is 0 Å². The molecule has 0 spiro atoms. The van der Waals surface area contributed by atoms with E-state index in [0.29, 0.717) is 11.3 Å². The molecule has 6 heteroatoms. The van der Waals surface area contributed by atoms with Crippen LogP contribution in [0.1, 0.15) is 11.5 Å². The lowest BCUT2D eigenvalue weighted by Crippen LogP contribution is -2.11. The first kappa shape index (κ1) is 13.4. The third kappa shape index (κ3) is 1.94. The highest BCUT2D eigenvalue weighted by Crippen LogP contribution is 2.62. The minimum absolute atomic E-state index is 0.594. The van der Waals surface area contributed by atoms with E-state index in [1.165, 1.54) is 7.11 Å². The van der Waals surface area contributed by atoms with Crippen LogP contribution in [0.25, 0.3) is 0 Å². The van der Waals surface area contributed by atoms with E-state index in [1.54, 1.807) is 24.3 Å². The number of nitriles is 2. The van der Waals surface area contributed by atoms with Crippen LogP contribution in [0, 0.1) is 28.1 Å². The van der Waals surface area contributed by atoms with Gasteiger partial charge in [-0.1, -0.05) is 12.1 Å². The largest absolute Gasteiger partial charge is 0.497 e. The van der Waals surface area contributed by atoms with Gasteiger partial charge in [0, 0.05) is 12.2 Å². The van der Waals surface area contributed by atoms with Crippen molar-refractivity contribution in [3.63, 3.8) is 0 Å². The third-order valence-corrected chi connectivity index (χ3v) is 5.01. The van der Waals surface area contributed by atoms with Gasteiger partial charge in [0.15, 0.2) is 15.3 Å². The van der Waals surface area contributed by atoms with E-state index in [-0.39, 0.29) is 0 Å². The van der Waals surface area contributed by atoms with Crippen LogP contribution in [0.3, 0.4) is 0 Å². The second-order valence-corrected chi connectivity index (χ2v) is 6.76. The molecule has 0 aliphatic heterocycles. The standard InChI is InChI=1S/C13H12N2O3S/c1-18-10-5-3-9(4-6-10)11-12(19(2,16)17)13(11,7-14)8-15/h3-6,11-12H,1-2H3/t11-,12+/m0/s1. The number of rotatable bonds is 3. The summed E-state index contributed by atoms with van der Waals surface area (Å²) in [7, 11) is -1.92. The van der Waals surface area contributed by atoms with Gasteiger partial charge in [-0.3, -0.25) is 0 Å². The number of hydrogen-bond donors (Lipinski definition) is 0. The maximum atomic E-state index is 11.7. The molecule has 0 unspecified atom stereocenters. The Balaban J connectivity index is 2.45. The van der Waals surface area contributed by atoms with Gasteiger partial charge in [-0.2, -0.15) is 10.5 Å². The predicted molar refractivity (Wildman–Crippen MR) is 68.0 cm³/mol. The van der Waals surface area contributed by atoms with Crippen molar-refractivity contribution in [1.29, 1.82) is 10.5 Å². The van der Waals surface area contributed by atoms with Gasteiger partial charge in [0.1, 0.15) is 11.0 Å². The molecule has 5 nitrogen and oxygen atoms in total. The molecule has 1 aliphatic carbocycles. The number of nitrogens with zero attached hydrogens (tertiary/aromatic N) is 2. The van der Waals surface area contributed by atoms with Crippen LogP contribution in [0.2, 0.25) is 0 Å². The van der Waals surface area contributed by atoms with Gasteiger partial charge < -0.3 is 4.74 Å². The van der Waals surface area contributed by atoms with Gasteiger partial charge in [0.25, 0.3) is 0 Å². The van der Waals surface area contributed by atoms with Crippen molar-refractivity contribution >= 4 is 9.84 Å². The second-order valence-electron chi connectivity index (χ2n) is 4.59. The van der Waals surface area contributed by atoms with Crippen molar-refractivity contribution in [3.8, 4) is 17.9 Å². The molecule has 1 saturated carbocycles. The number of methoxy groups -OCH3 is 1. The topological polar surface area (TPSA) is 90.9 Å². The summed E-state index contributed by atoms with van der Waals surface area (Å²) >= 11 is 0. The van der Waals surface area contributed by atoms with E-state index in [1.807, 2.05) is 12.1 Å². The van der Waals surface area contributed by atoms with E-state index < -0.39 is 26.4 Å². The summed E-state index contributed by atoms with van der Waals surface area (Å²) in [6.07, 6.45) is 1.06. The molecule has 2 rings (SSSR count). The average Bonchev–Trinajstić information content (AvgIpc) is 3.09. The van der Waals surface area contributed by atoms with Crippen LogP contribution < -0.4 is 4.74 Å². The average molecular weight is 276 g/mol. The minimum atomic E-state index is -3.45. The summed E-state index contributed by atoms with van der Waals surface area (Å²) in [5.41, 5.74) is -0.804. The van der Waals surface area contributed by atoms with Crippen LogP contribution in [0.4, 0.5) is 0 Å². The second kappa shape index (κ2) is 4.25. The lowest BCUT2D eigenvalue weighted by atomic mass is 10.0. The highest BCUT2D eigenvalue weighted by atomic mass is 32.2. The molecule has 0 heterocycles.